The third kappa shape index (κ3) is 8.41. The van der Waals surface area contributed by atoms with E-state index >= 15 is 0 Å². The lowest BCUT2D eigenvalue weighted by Gasteiger charge is -2.29. The highest BCUT2D eigenvalue weighted by Gasteiger charge is 2.26. The number of rotatable bonds is 13. The molecule has 1 N–H and O–H groups in total. The van der Waals surface area contributed by atoms with Crippen LogP contribution in [0.2, 0.25) is 5.02 Å². The zero-order valence-electron chi connectivity index (χ0n) is 21.6. The second kappa shape index (κ2) is 13.5. The van der Waals surface area contributed by atoms with Crippen molar-refractivity contribution in [3.8, 4) is 5.75 Å². The molecule has 2 rings (SSSR count). The number of methoxy groups -OCH3 is 1. The number of amides is 2. The molecule has 36 heavy (non-hydrogen) atoms. The van der Waals surface area contributed by atoms with Crippen LogP contribution in [0.25, 0.3) is 0 Å². The van der Waals surface area contributed by atoms with E-state index in [1.54, 1.807) is 24.0 Å². The number of nitrogens with zero attached hydrogens (tertiary/aromatic N) is 2. The first-order valence-electron chi connectivity index (χ1n) is 11.9. The summed E-state index contributed by atoms with van der Waals surface area (Å²) >= 11 is 6.19. The zero-order chi connectivity index (χ0) is 26.9. The number of sulfonamides is 1. The quantitative estimate of drug-likeness (QED) is 0.414. The monoisotopic (exact) mass is 537 g/mol. The van der Waals surface area contributed by atoms with E-state index in [1.165, 1.54) is 17.5 Å². The summed E-state index contributed by atoms with van der Waals surface area (Å²) in [4.78, 5) is 27.5. The van der Waals surface area contributed by atoms with E-state index in [-0.39, 0.29) is 42.8 Å². The summed E-state index contributed by atoms with van der Waals surface area (Å²) in [5, 5.41) is 3.14. The Labute approximate surface area is 219 Å². The molecule has 0 radical (unpaired) electrons. The summed E-state index contributed by atoms with van der Waals surface area (Å²) in [5.74, 6) is -0.00924. The number of hydrogen-bond acceptors (Lipinski definition) is 5. The molecular formula is C26H36ClN3O5S. The molecule has 0 aliphatic heterocycles. The summed E-state index contributed by atoms with van der Waals surface area (Å²) in [5.41, 5.74) is 2.40. The SMILES string of the molecule is CCCNC(=O)C(C)N(Cc1ccc(C)cc1)C(=O)CCCN(c1ccc(OC)c(Cl)c1)S(C)(=O)=O. The third-order valence-electron chi connectivity index (χ3n) is 5.77. The van der Waals surface area contributed by atoms with Crippen molar-refractivity contribution in [2.24, 2.45) is 0 Å². The van der Waals surface area contributed by atoms with Gasteiger partial charge in [-0.3, -0.25) is 13.9 Å². The highest BCUT2D eigenvalue weighted by atomic mass is 35.5. The Hall–Kier alpha value is -2.78. The van der Waals surface area contributed by atoms with E-state index < -0.39 is 16.1 Å². The Balaban J connectivity index is 2.17. The molecule has 2 amide bonds. The van der Waals surface area contributed by atoms with Gasteiger partial charge < -0.3 is 15.0 Å². The summed E-state index contributed by atoms with van der Waals surface area (Å²) in [6.07, 6.45) is 2.24. The fourth-order valence-corrected chi connectivity index (χ4v) is 4.89. The van der Waals surface area contributed by atoms with Gasteiger partial charge in [-0.25, -0.2) is 8.42 Å². The fraction of sp³-hybridized carbons (Fsp3) is 0.462. The molecule has 0 aliphatic rings. The first-order valence-corrected chi connectivity index (χ1v) is 14.1. The smallest absolute Gasteiger partial charge is 0.242 e. The molecule has 0 fully saturated rings. The molecule has 8 nitrogen and oxygen atoms in total. The van der Waals surface area contributed by atoms with Crippen LogP contribution in [0.3, 0.4) is 0 Å². The van der Waals surface area contributed by atoms with Gasteiger partial charge in [0.1, 0.15) is 11.8 Å². The number of carbonyl (C=O) groups excluding carboxylic acids is 2. The van der Waals surface area contributed by atoms with Crippen molar-refractivity contribution in [3.63, 3.8) is 0 Å². The van der Waals surface area contributed by atoms with Crippen LogP contribution in [0.15, 0.2) is 42.5 Å². The normalized spacial score (nSPS) is 12.1. The van der Waals surface area contributed by atoms with Gasteiger partial charge in [0.15, 0.2) is 0 Å². The molecule has 0 bridgehead atoms. The Morgan fingerprint density at radius 3 is 2.36 bits per heavy atom. The Kier molecular flexibility index (Phi) is 11.0. The van der Waals surface area contributed by atoms with Crippen molar-refractivity contribution in [2.45, 2.75) is 52.6 Å². The number of halogens is 1. The number of anilines is 1. The van der Waals surface area contributed by atoms with Gasteiger partial charge in [-0.15, -0.1) is 0 Å². The largest absolute Gasteiger partial charge is 0.495 e. The zero-order valence-corrected chi connectivity index (χ0v) is 23.2. The molecular weight excluding hydrogens is 502 g/mol. The second-order valence-corrected chi connectivity index (χ2v) is 11.0. The predicted molar refractivity (Wildman–Crippen MR) is 144 cm³/mol. The van der Waals surface area contributed by atoms with Crippen LogP contribution < -0.4 is 14.4 Å². The molecule has 0 aromatic heterocycles. The number of hydrogen-bond donors (Lipinski definition) is 1. The maximum Gasteiger partial charge on any atom is 0.242 e. The Morgan fingerprint density at radius 2 is 1.81 bits per heavy atom. The van der Waals surface area contributed by atoms with Crippen LogP contribution in [0, 0.1) is 6.92 Å². The lowest BCUT2D eigenvalue weighted by molar-refractivity contribution is -0.140. The minimum absolute atomic E-state index is 0.0766. The van der Waals surface area contributed by atoms with Crippen LogP contribution >= 0.6 is 11.6 Å². The van der Waals surface area contributed by atoms with Gasteiger partial charge in [0.2, 0.25) is 21.8 Å². The highest BCUT2D eigenvalue weighted by molar-refractivity contribution is 7.92. The fourth-order valence-electron chi connectivity index (χ4n) is 3.68. The summed E-state index contributed by atoms with van der Waals surface area (Å²) < 4.78 is 31.3. The van der Waals surface area contributed by atoms with Gasteiger partial charge in [0, 0.05) is 26.1 Å². The number of nitrogens with one attached hydrogen (secondary N) is 1. The van der Waals surface area contributed by atoms with Gasteiger partial charge in [-0.2, -0.15) is 0 Å². The lowest BCUT2D eigenvalue weighted by atomic mass is 10.1. The molecule has 10 heteroatoms. The number of aryl methyl sites for hydroxylation is 1. The van der Waals surface area contributed by atoms with Crippen molar-refractivity contribution >= 4 is 39.1 Å². The Morgan fingerprint density at radius 1 is 1.14 bits per heavy atom. The average Bonchev–Trinajstić information content (AvgIpc) is 2.83. The van der Waals surface area contributed by atoms with Crippen LogP contribution in [-0.2, 0) is 26.2 Å². The van der Waals surface area contributed by atoms with E-state index in [2.05, 4.69) is 5.32 Å². The van der Waals surface area contributed by atoms with Crippen molar-refractivity contribution < 1.29 is 22.7 Å². The number of ether oxygens (including phenoxy) is 1. The van der Waals surface area contributed by atoms with Gasteiger partial charge in [0.05, 0.1) is 24.1 Å². The summed E-state index contributed by atoms with van der Waals surface area (Å²) in [7, 11) is -2.14. The number of benzene rings is 2. The van der Waals surface area contributed by atoms with E-state index in [0.29, 0.717) is 18.0 Å². The van der Waals surface area contributed by atoms with Crippen molar-refractivity contribution in [2.75, 3.05) is 30.8 Å². The third-order valence-corrected chi connectivity index (χ3v) is 7.26. The van der Waals surface area contributed by atoms with Gasteiger partial charge in [-0.05, 0) is 50.5 Å². The summed E-state index contributed by atoms with van der Waals surface area (Å²) in [6.45, 7) is 6.55. The van der Waals surface area contributed by atoms with E-state index in [9.17, 15) is 18.0 Å². The predicted octanol–water partition coefficient (Wildman–Crippen LogP) is 4.15. The minimum Gasteiger partial charge on any atom is -0.495 e. The molecule has 2 aromatic carbocycles. The van der Waals surface area contributed by atoms with Crippen LogP contribution in [0.4, 0.5) is 5.69 Å². The molecule has 0 heterocycles. The molecule has 0 spiro atoms. The lowest BCUT2D eigenvalue weighted by Crippen LogP contribution is -2.47. The Bertz CT molecular complexity index is 1140. The van der Waals surface area contributed by atoms with E-state index in [4.69, 9.17) is 16.3 Å². The molecule has 0 aliphatic carbocycles. The highest BCUT2D eigenvalue weighted by Crippen LogP contribution is 2.30. The van der Waals surface area contributed by atoms with E-state index in [1.807, 2.05) is 38.1 Å². The van der Waals surface area contributed by atoms with E-state index in [0.717, 1.165) is 23.8 Å². The molecule has 0 saturated heterocycles. The molecule has 2 aromatic rings. The van der Waals surface area contributed by atoms with Crippen molar-refractivity contribution in [3.05, 3.63) is 58.6 Å². The number of carbonyl (C=O) groups is 2. The second-order valence-electron chi connectivity index (χ2n) is 8.73. The first-order chi connectivity index (χ1) is 17.0. The van der Waals surface area contributed by atoms with Crippen LogP contribution in [0.1, 0.15) is 44.2 Å². The molecule has 0 saturated carbocycles. The van der Waals surface area contributed by atoms with Crippen molar-refractivity contribution in [1.29, 1.82) is 0 Å². The first kappa shape index (κ1) is 29.5. The van der Waals surface area contributed by atoms with Gasteiger partial charge in [0.25, 0.3) is 0 Å². The molecule has 1 unspecified atom stereocenters. The topological polar surface area (TPSA) is 96.0 Å². The summed E-state index contributed by atoms with van der Waals surface area (Å²) in [6, 6.07) is 11.9. The van der Waals surface area contributed by atoms with Crippen LogP contribution in [0.5, 0.6) is 5.75 Å². The standard InChI is InChI=1S/C26H36ClN3O5S/c1-6-15-28-26(32)20(3)29(18-21-11-9-19(2)10-12-21)25(31)8-7-16-30(36(5,33)34)22-13-14-24(35-4)23(27)17-22/h9-14,17,20H,6-8,15-16,18H2,1-5H3,(H,28,32). The van der Waals surface area contributed by atoms with Crippen LogP contribution in [-0.4, -0.2) is 57.6 Å². The molecule has 1 atom stereocenters. The molecule has 198 valence electrons. The van der Waals surface area contributed by atoms with Gasteiger partial charge >= 0.3 is 0 Å². The average molecular weight is 538 g/mol. The maximum absolute atomic E-state index is 13.3. The van der Waals surface area contributed by atoms with Gasteiger partial charge in [-0.1, -0.05) is 48.4 Å². The minimum atomic E-state index is -3.62. The van der Waals surface area contributed by atoms with Crippen molar-refractivity contribution in [1.82, 2.24) is 10.2 Å². The maximum atomic E-state index is 13.3.